The minimum Gasteiger partial charge on any atom is -0.444 e. The topological polar surface area (TPSA) is 70.7 Å². The van der Waals surface area contributed by atoms with Crippen LogP contribution in [0.5, 0.6) is 0 Å². The fraction of sp³-hybridized carbons (Fsp3) is 0.680. The highest BCUT2D eigenvalue weighted by molar-refractivity contribution is 5.79. The van der Waals surface area contributed by atoms with Gasteiger partial charge in [0.05, 0.1) is 6.54 Å². The Bertz CT molecular complexity index is 945. The summed E-state index contributed by atoms with van der Waals surface area (Å²) >= 11 is 0. The van der Waals surface area contributed by atoms with Crippen LogP contribution in [-0.2, 0) is 22.6 Å². The lowest BCUT2D eigenvalue weighted by Crippen LogP contribution is -2.69. The van der Waals surface area contributed by atoms with E-state index in [-0.39, 0.29) is 29.6 Å². The van der Waals surface area contributed by atoms with Crippen molar-refractivity contribution in [1.29, 1.82) is 0 Å². The normalized spacial score (nSPS) is 32.1. The van der Waals surface area contributed by atoms with Crippen molar-refractivity contribution in [3.63, 3.8) is 0 Å². The molecular formula is C25H33F2N3O3. The third-order valence-electron chi connectivity index (χ3n) is 7.76. The molecule has 8 heteroatoms. The predicted molar refractivity (Wildman–Crippen MR) is 118 cm³/mol. The number of carbonyl (C=O) groups is 2. The van der Waals surface area contributed by atoms with E-state index in [0.717, 1.165) is 32.1 Å². The van der Waals surface area contributed by atoms with Gasteiger partial charge in [0, 0.05) is 24.2 Å². The van der Waals surface area contributed by atoms with Crippen LogP contribution in [0.4, 0.5) is 13.6 Å². The van der Waals surface area contributed by atoms with Crippen molar-refractivity contribution in [2.45, 2.75) is 89.1 Å². The molecule has 2 atom stereocenters. The number of benzene rings is 1. The molecule has 33 heavy (non-hydrogen) atoms. The molecule has 0 aromatic heterocycles. The Balaban J connectivity index is 1.24. The lowest BCUT2D eigenvalue weighted by molar-refractivity contribution is -0.132. The van der Waals surface area contributed by atoms with Crippen LogP contribution >= 0.6 is 0 Å². The third kappa shape index (κ3) is 4.46. The largest absolute Gasteiger partial charge is 0.444 e. The maximum Gasteiger partial charge on any atom is 0.408 e. The van der Waals surface area contributed by atoms with Crippen molar-refractivity contribution in [2.75, 3.05) is 6.54 Å². The number of nitrogens with zero attached hydrogens (tertiary/aromatic N) is 1. The number of ether oxygens (including phenoxy) is 1. The molecule has 4 saturated carbocycles. The molecular weight excluding hydrogens is 428 g/mol. The van der Waals surface area contributed by atoms with Crippen LogP contribution in [0.1, 0.15) is 70.4 Å². The lowest BCUT2D eigenvalue weighted by atomic mass is 9.50. The predicted octanol–water partition coefficient (Wildman–Crippen LogP) is 4.01. The second-order valence-electron chi connectivity index (χ2n) is 11.8. The lowest BCUT2D eigenvalue weighted by Gasteiger charge is -2.62. The van der Waals surface area contributed by atoms with E-state index >= 15 is 0 Å². The van der Waals surface area contributed by atoms with Crippen LogP contribution in [0, 0.1) is 23.5 Å². The molecule has 1 aliphatic heterocycles. The Kier molecular flexibility index (Phi) is 5.23. The van der Waals surface area contributed by atoms with Crippen molar-refractivity contribution in [3.05, 3.63) is 34.9 Å². The molecule has 1 heterocycles. The first-order chi connectivity index (χ1) is 15.4. The zero-order valence-corrected chi connectivity index (χ0v) is 19.6. The monoisotopic (exact) mass is 461 g/mol. The standard InChI is InChI=1S/C25H33F2N3O3/c1-23(2,3)33-22(32)29-25-9-15-4-16(10-25)8-24(7-15,14-25)28-11-21(31)30-12-17-5-19(26)20(27)6-18(17)13-30/h5-6,15-16,28H,4,7-14H2,1-3H3,(H,29,32). The van der Waals surface area contributed by atoms with Gasteiger partial charge in [0.1, 0.15) is 5.60 Å². The molecule has 6 nitrogen and oxygen atoms in total. The second kappa shape index (κ2) is 7.65. The van der Waals surface area contributed by atoms with Gasteiger partial charge in [-0.15, -0.1) is 0 Å². The molecule has 6 rings (SSSR count). The number of hydrogen-bond donors (Lipinski definition) is 2. The van der Waals surface area contributed by atoms with E-state index in [4.69, 9.17) is 4.74 Å². The highest BCUT2D eigenvalue weighted by atomic mass is 19.2. The van der Waals surface area contributed by atoms with E-state index in [1.807, 2.05) is 20.8 Å². The van der Waals surface area contributed by atoms with Gasteiger partial charge in [-0.1, -0.05) is 0 Å². The number of rotatable bonds is 4. The quantitative estimate of drug-likeness (QED) is 0.711. The Morgan fingerprint density at radius 2 is 1.58 bits per heavy atom. The van der Waals surface area contributed by atoms with Gasteiger partial charge in [-0.25, -0.2) is 13.6 Å². The van der Waals surface area contributed by atoms with E-state index < -0.39 is 17.2 Å². The number of alkyl carbamates (subject to hydrolysis) is 1. The van der Waals surface area contributed by atoms with Gasteiger partial charge in [-0.3, -0.25) is 4.79 Å². The summed E-state index contributed by atoms with van der Waals surface area (Å²) in [7, 11) is 0. The molecule has 2 N–H and O–H groups in total. The molecule has 5 aliphatic rings. The smallest absolute Gasteiger partial charge is 0.408 e. The van der Waals surface area contributed by atoms with Crippen LogP contribution in [0.25, 0.3) is 0 Å². The van der Waals surface area contributed by atoms with Crippen molar-refractivity contribution >= 4 is 12.0 Å². The highest BCUT2D eigenvalue weighted by Crippen LogP contribution is 2.57. The van der Waals surface area contributed by atoms with E-state index in [1.165, 1.54) is 18.6 Å². The highest BCUT2D eigenvalue weighted by Gasteiger charge is 2.58. The van der Waals surface area contributed by atoms with Crippen LogP contribution in [0.2, 0.25) is 0 Å². The molecule has 1 aromatic rings. The van der Waals surface area contributed by atoms with Crippen LogP contribution < -0.4 is 10.6 Å². The van der Waals surface area contributed by atoms with E-state index in [1.54, 1.807) is 4.90 Å². The number of carbonyl (C=O) groups excluding carboxylic acids is 2. The van der Waals surface area contributed by atoms with E-state index in [2.05, 4.69) is 10.6 Å². The first kappa shape index (κ1) is 22.6. The van der Waals surface area contributed by atoms with Gasteiger partial charge in [-0.2, -0.15) is 0 Å². The molecule has 180 valence electrons. The summed E-state index contributed by atoms with van der Waals surface area (Å²) in [4.78, 5) is 27.2. The zero-order valence-electron chi connectivity index (χ0n) is 19.6. The maximum absolute atomic E-state index is 13.6. The first-order valence-corrected chi connectivity index (χ1v) is 11.9. The number of halogens is 2. The number of nitrogens with one attached hydrogen (secondary N) is 2. The fourth-order valence-electron chi connectivity index (χ4n) is 7.08. The fourth-order valence-corrected chi connectivity index (χ4v) is 7.08. The minimum absolute atomic E-state index is 0.0723. The molecule has 2 amide bonds. The zero-order chi connectivity index (χ0) is 23.6. The maximum atomic E-state index is 13.6. The Labute approximate surface area is 193 Å². The Hall–Kier alpha value is -2.22. The van der Waals surface area contributed by atoms with Crippen molar-refractivity contribution in [2.24, 2.45) is 11.8 Å². The number of hydrogen-bond acceptors (Lipinski definition) is 4. The van der Waals surface area contributed by atoms with Gasteiger partial charge in [0.15, 0.2) is 11.6 Å². The Morgan fingerprint density at radius 1 is 1.03 bits per heavy atom. The summed E-state index contributed by atoms with van der Waals surface area (Å²) in [5.41, 5.74) is 0.310. The van der Waals surface area contributed by atoms with Gasteiger partial charge in [0.2, 0.25) is 5.91 Å². The van der Waals surface area contributed by atoms with Gasteiger partial charge in [-0.05, 0) is 94.4 Å². The molecule has 0 saturated heterocycles. The summed E-state index contributed by atoms with van der Waals surface area (Å²) in [6.45, 7) is 6.37. The third-order valence-corrected chi connectivity index (χ3v) is 7.76. The summed E-state index contributed by atoms with van der Waals surface area (Å²) in [5, 5.41) is 6.77. The van der Waals surface area contributed by atoms with E-state index in [0.29, 0.717) is 36.1 Å². The van der Waals surface area contributed by atoms with Crippen molar-refractivity contribution in [3.8, 4) is 0 Å². The van der Waals surface area contributed by atoms with Gasteiger partial charge < -0.3 is 20.3 Å². The molecule has 4 aliphatic carbocycles. The molecule has 2 unspecified atom stereocenters. The van der Waals surface area contributed by atoms with Crippen LogP contribution in [0.15, 0.2) is 12.1 Å². The first-order valence-electron chi connectivity index (χ1n) is 11.9. The van der Waals surface area contributed by atoms with Gasteiger partial charge >= 0.3 is 6.09 Å². The number of amides is 2. The Morgan fingerprint density at radius 3 is 2.12 bits per heavy atom. The molecule has 4 fully saturated rings. The average molecular weight is 462 g/mol. The van der Waals surface area contributed by atoms with Crippen molar-refractivity contribution in [1.82, 2.24) is 15.5 Å². The number of fused-ring (bicyclic) bond motifs is 1. The van der Waals surface area contributed by atoms with Crippen LogP contribution in [-0.4, -0.2) is 40.1 Å². The molecule has 1 aromatic carbocycles. The van der Waals surface area contributed by atoms with E-state index in [9.17, 15) is 18.4 Å². The molecule has 0 radical (unpaired) electrons. The van der Waals surface area contributed by atoms with Crippen LogP contribution in [0.3, 0.4) is 0 Å². The SMILES string of the molecule is CC(C)(C)OC(=O)NC12CC3CC(CC(NCC(=O)N4Cc5cc(F)c(F)cc5C4)(C3)C1)C2. The summed E-state index contributed by atoms with van der Waals surface area (Å²) in [5.74, 6) is -0.788. The molecule has 4 bridgehead atoms. The summed E-state index contributed by atoms with van der Waals surface area (Å²) in [6, 6.07) is 2.38. The summed E-state index contributed by atoms with van der Waals surface area (Å²) in [6.07, 6.45) is 5.52. The average Bonchev–Trinajstić information content (AvgIpc) is 3.06. The van der Waals surface area contributed by atoms with Gasteiger partial charge in [0.25, 0.3) is 0 Å². The second-order valence-corrected chi connectivity index (χ2v) is 11.8. The van der Waals surface area contributed by atoms with Crippen molar-refractivity contribution < 1.29 is 23.1 Å². The minimum atomic E-state index is -0.877. The molecule has 0 spiro atoms. The summed E-state index contributed by atoms with van der Waals surface area (Å²) < 4.78 is 32.7.